The first-order chi connectivity index (χ1) is 6.28. The van der Waals surface area contributed by atoms with E-state index in [0.717, 1.165) is 7.11 Å². The largest absolute Gasteiger partial charge is 0.756 e. The highest BCUT2D eigenvalue weighted by molar-refractivity contribution is 7.44. The van der Waals surface area contributed by atoms with Crippen molar-refractivity contribution >= 4 is 7.82 Å². The van der Waals surface area contributed by atoms with Gasteiger partial charge >= 0.3 is 0 Å². The van der Waals surface area contributed by atoms with Crippen LogP contribution in [-0.2, 0) is 23.2 Å². The maximum Gasteiger partial charge on any atom is 0.264 e. The molecule has 7 heteroatoms. The molecule has 1 aromatic rings. The van der Waals surface area contributed by atoms with Crippen molar-refractivity contribution in [2.45, 2.75) is 6.92 Å². The molecule has 1 N–H and O–H groups in total. The van der Waals surface area contributed by atoms with Crippen molar-refractivity contribution in [2.75, 3.05) is 7.11 Å². The molecule has 0 fully saturated rings. The second-order valence-corrected chi connectivity index (χ2v) is 4.02. The van der Waals surface area contributed by atoms with Gasteiger partial charge in [0, 0.05) is 14.0 Å². The molecule has 0 saturated heterocycles. The summed E-state index contributed by atoms with van der Waals surface area (Å²) in [4.78, 5) is 17.0. The Labute approximate surface area is 83.0 Å². The van der Waals surface area contributed by atoms with Crippen LogP contribution < -0.4 is 9.46 Å². The average molecular weight is 222 g/mol. The van der Waals surface area contributed by atoms with E-state index in [4.69, 9.17) is 4.89 Å². The Morgan fingerprint density at radius 1 is 1.71 bits per heavy atom. The van der Waals surface area contributed by atoms with E-state index in [2.05, 4.69) is 20.6 Å². The predicted molar refractivity (Wildman–Crippen MR) is 48.2 cm³/mol. The molecule has 0 aliphatic carbocycles. The third-order valence-corrected chi connectivity index (χ3v) is 2.23. The van der Waals surface area contributed by atoms with E-state index >= 15 is 0 Å². The van der Waals surface area contributed by atoms with Gasteiger partial charge in [0.1, 0.15) is 12.4 Å². The molecule has 1 heterocycles. The van der Waals surface area contributed by atoms with Crippen molar-refractivity contribution in [1.82, 2.24) is 4.57 Å². The molecular formula is C7H15N2O4P. The van der Waals surface area contributed by atoms with E-state index in [-0.39, 0.29) is 0 Å². The fourth-order valence-corrected chi connectivity index (χ4v) is 0.665. The molecular weight excluding hydrogens is 207 g/mol. The maximum absolute atomic E-state index is 9.36. The van der Waals surface area contributed by atoms with Gasteiger partial charge in [0.15, 0.2) is 0 Å². The van der Waals surface area contributed by atoms with Crippen LogP contribution in [0.25, 0.3) is 0 Å². The number of aromatic nitrogens is 2. The normalized spacial score (nSPS) is 14.1. The molecule has 0 radical (unpaired) electrons. The SMILES string of the molecule is COP(=O)([O-])O.Cc1n(C)cc[n+]1C. The van der Waals surface area contributed by atoms with E-state index in [1.54, 1.807) is 0 Å². The minimum absolute atomic E-state index is 0.883. The number of rotatable bonds is 1. The zero-order valence-electron chi connectivity index (χ0n) is 8.67. The van der Waals surface area contributed by atoms with Gasteiger partial charge in [-0.25, -0.2) is 9.13 Å². The Bertz CT molecular complexity index is 311. The number of nitrogens with zero attached hydrogens (tertiary/aromatic N) is 2. The van der Waals surface area contributed by atoms with E-state index in [1.807, 2.05) is 26.5 Å². The first-order valence-corrected chi connectivity index (χ1v) is 5.34. The molecule has 0 aliphatic rings. The summed E-state index contributed by atoms with van der Waals surface area (Å²) in [6, 6.07) is 0. The molecule has 1 atom stereocenters. The zero-order chi connectivity index (χ0) is 11.4. The van der Waals surface area contributed by atoms with Crippen LogP contribution in [0.2, 0.25) is 0 Å². The molecule has 0 aromatic carbocycles. The summed E-state index contributed by atoms with van der Waals surface area (Å²) in [5, 5.41) is 0. The number of imidazole rings is 1. The standard InChI is InChI=1S/C6H11N2.CH5O4P/c1-6-7(2)4-5-8(6)3;1-5-6(2,3)4/h4-5H,1-3H3;1H3,(H2,2,3,4)/q+1;/p-1. The Morgan fingerprint density at radius 3 is 2.21 bits per heavy atom. The summed E-state index contributed by atoms with van der Waals surface area (Å²) in [5.74, 6) is 1.27. The summed E-state index contributed by atoms with van der Waals surface area (Å²) < 4.78 is 17.0. The Morgan fingerprint density at radius 2 is 2.14 bits per heavy atom. The lowest BCUT2D eigenvalue weighted by Crippen LogP contribution is -2.29. The highest BCUT2D eigenvalue weighted by atomic mass is 31.2. The summed E-state index contributed by atoms with van der Waals surface area (Å²) in [6.07, 6.45) is 4.07. The lowest BCUT2D eigenvalue weighted by molar-refractivity contribution is -0.677. The van der Waals surface area contributed by atoms with Crippen LogP contribution in [0.3, 0.4) is 0 Å². The van der Waals surface area contributed by atoms with Crippen molar-refractivity contribution in [2.24, 2.45) is 14.1 Å². The number of phosphoric acid groups is 1. The van der Waals surface area contributed by atoms with E-state index in [0.29, 0.717) is 0 Å². The van der Waals surface area contributed by atoms with Crippen LogP contribution in [0.1, 0.15) is 5.82 Å². The van der Waals surface area contributed by atoms with Crippen molar-refractivity contribution < 1.29 is 23.4 Å². The quantitative estimate of drug-likeness (QED) is 0.501. The Kier molecular flexibility index (Phi) is 5.01. The molecule has 1 unspecified atom stereocenters. The molecule has 0 bridgehead atoms. The third-order valence-electron chi connectivity index (χ3n) is 1.77. The van der Waals surface area contributed by atoms with Crippen LogP contribution >= 0.6 is 7.82 Å². The van der Waals surface area contributed by atoms with Gasteiger partial charge in [-0.2, -0.15) is 0 Å². The molecule has 82 valence electrons. The Hall–Kier alpha value is -0.680. The zero-order valence-corrected chi connectivity index (χ0v) is 9.56. The van der Waals surface area contributed by atoms with Crippen molar-refractivity contribution in [3.63, 3.8) is 0 Å². The van der Waals surface area contributed by atoms with Gasteiger partial charge in [0.2, 0.25) is 0 Å². The number of aryl methyl sites for hydroxylation is 2. The van der Waals surface area contributed by atoms with Gasteiger partial charge < -0.3 is 14.3 Å². The fourth-order valence-electron chi connectivity index (χ4n) is 0.665. The predicted octanol–water partition coefficient (Wildman–Crippen LogP) is -0.748. The highest BCUT2D eigenvalue weighted by Gasteiger charge is 2.00. The number of hydrogen-bond donors (Lipinski definition) is 1. The second kappa shape index (κ2) is 5.26. The molecule has 0 spiro atoms. The van der Waals surface area contributed by atoms with Crippen LogP contribution in [0.5, 0.6) is 0 Å². The van der Waals surface area contributed by atoms with Crippen LogP contribution in [0, 0.1) is 6.92 Å². The topological polar surface area (TPSA) is 78.4 Å². The fraction of sp³-hybridized carbons (Fsp3) is 0.571. The van der Waals surface area contributed by atoms with Crippen LogP contribution in [-0.4, -0.2) is 16.6 Å². The molecule has 0 amide bonds. The van der Waals surface area contributed by atoms with Gasteiger partial charge in [-0.15, -0.1) is 0 Å². The highest BCUT2D eigenvalue weighted by Crippen LogP contribution is 2.27. The molecule has 0 saturated carbocycles. The molecule has 1 rings (SSSR count). The first-order valence-electron chi connectivity index (χ1n) is 3.85. The monoisotopic (exact) mass is 222 g/mol. The molecule has 0 aliphatic heterocycles. The summed E-state index contributed by atoms with van der Waals surface area (Å²) >= 11 is 0. The van der Waals surface area contributed by atoms with Crippen molar-refractivity contribution in [1.29, 1.82) is 0 Å². The maximum atomic E-state index is 9.36. The van der Waals surface area contributed by atoms with Gasteiger partial charge in [0.25, 0.3) is 13.6 Å². The van der Waals surface area contributed by atoms with E-state index in [1.165, 1.54) is 5.82 Å². The second-order valence-electron chi connectivity index (χ2n) is 2.72. The summed E-state index contributed by atoms with van der Waals surface area (Å²) in [5.41, 5.74) is 0. The number of phosphoric ester groups is 1. The van der Waals surface area contributed by atoms with Crippen LogP contribution in [0.4, 0.5) is 0 Å². The minimum atomic E-state index is -4.40. The number of hydrogen-bond acceptors (Lipinski definition) is 3. The minimum Gasteiger partial charge on any atom is -0.756 e. The van der Waals surface area contributed by atoms with Gasteiger partial charge in [-0.3, -0.25) is 4.57 Å². The van der Waals surface area contributed by atoms with E-state index < -0.39 is 7.82 Å². The average Bonchev–Trinajstić information content (AvgIpc) is 2.36. The van der Waals surface area contributed by atoms with Crippen molar-refractivity contribution in [3.8, 4) is 0 Å². The smallest absolute Gasteiger partial charge is 0.264 e. The molecule has 14 heavy (non-hydrogen) atoms. The van der Waals surface area contributed by atoms with Gasteiger partial charge in [0.05, 0.1) is 14.1 Å². The molecule has 6 nitrogen and oxygen atoms in total. The van der Waals surface area contributed by atoms with Crippen LogP contribution in [0.15, 0.2) is 12.4 Å². The van der Waals surface area contributed by atoms with Gasteiger partial charge in [-0.1, -0.05) is 0 Å². The third kappa shape index (κ3) is 5.14. The Balaban J connectivity index is 0.000000255. The lowest BCUT2D eigenvalue weighted by atomic mass is 10.7. The lowest BCUT2D eigenvalue weighted by Gasteiger charge is -2.09. The molecule has 1 aromatic heterocycles. The van der Waals surface area contributed by atoms with Gasteiger partial charge in [-0.05, 0) is 0 Å². The van der Waals surface area contributed by atoms with E-state index in [9.17, 15) is 9.46 Å². The summed E-state index contributed by atoms with van der Waals surface area (Å²) in [6.45, 7) is 2.08. The first kappa shape index (κ1) is 13.3. The summed E-state index contributed by atoms with van der Waals surface area (Å²) in [7, 11) is 0.560. The van der Waals surface area contributed by atoms with Crippen molar-refractivity contribution in [3.05, 3.63) is 18.2 Å².